The lowest BCUT2D eigenvalue weighted by Gasteiger charge is -2.50. The summed E-state index contributed by atoms with van der Waals surface area (Å²) in [7, 11) is 0. The molecule has 2 nitrogen and oxygen atoms in total. The molecule has 0 aromatic carbocycles. The van der Waals surface area contributed by atoms with Crippen LogP contribution in [0.2, 0.25) is 0 Å². The van der Waals surface area contributed by atoms with Crippen molar-refractivity contribution in [3.63, 3.8) is 0 Å². The van der Waals surface area contributed by atoms with Gasteiger partial charge in [0.15, 0.2) is 0 Å². The van der Waals surface area contributed by atoms with Crippen molar-refractivity contribution in [2.24, 2.45) is 16.6 Å². The summed E-state index contributed by atoms with van der Waals surface area (Å²) >= 11 is 0. The molecule has 0 bridgehead atoms. The molecular formula is C11H19NO. The highest BCUT2D eigenvalue weighted by Gasteiger charge is 2.73. The number of hydrogen-bond donors (Lipinski definition) is 1. The summed E-state index contributed by atoms with van der Waals surface area (Å²) in [5.74, 6) is 0. The molecule has 3 fully saturated rings. The first kappa shape index (κ1) is 8.25. The van der Waals surface area contributed by atoms with E-state index >= 15 is 0 Å². The third-order valence-corrected chi connectivity index (χ3v) is 4.94. The molecule has 3 aliphatic rings. The van der Waals surface area contributed by atoms with Gasteiger partial charge in [0.2, 0.25) is 0 Å². The minimum atomic E-state index is 0.215. The van der Waals surface area contributed by atoms with Gasteiger partial charge in [0.25, 0.3) is 0 Å². The van der Waals surface area contributed by atoms with Crippen LogP contribution in [0.5, 0.6) is 0 Å². The fourth-order valence-electron chi connectivity index (χ4n) is 3.46. The Morgan fingerprint density at radius 1 is 1.15 bits per heavy atom. The molecule has 2 aliphatic carbocycles. The molecule has 74 valence electrons. The molecule has 0 amide bonds. The zero-order valence-electron chi connectivity index (χ0n) is 8.44. The smallest absolute Gasteiger partial charge is 0.0550 e. The Hall–Kier alpha value is -0.0800. The molecule has 2 saturated carbocycles. The quantitative estimate of drug-likeness (QED) is 0.719. The van der Waals surface area contributed by atoms with Gasteiger partial charge in [0.1, 0.15) is 0 Å². The van der Waals surface area contributed by atoms with Gasteiger partial charge in [0.05, 0.1) is 13.2 Å². The van der Waals surface area contributed by atoms with Crippen LogP contribution in [-0.2, 0) is 4.74 Å². The first-order chi connectivity index (χ1) is 6.18. The molecule has 0 spiro atoms. The van der Waals surface area contributed by atoms with Crippen molar-refractivity contribution in [2.75, 3.05) is 13.2 Å². The maximum absolute atomic E-state index is 6.40. The largest absolute Gasteiger partial charge is 0.380 e. The van der Waals surface area contributed by atoms with Crippen LogP contribution in [0.1, 0.15) is 39.0 Å². The lowest BCUT2D eigenvalue weighted by Crippen LogP contribution is -2.56. The standard InChI is InChI=1S/C11H19NO/c1-2-9(7-13-8-9)10(3-4-10)11(12)5-6-11/h2-8,12H2,1H3. The van der Waals surface area contributed by atoms with E-state index in [2.05, 4.69) is 6.92 Å². The van der Waals surface area contributed by atoms with Gasteiger partial charge in [-0.05, 0) is 37.5 Å². The van der Waals surface area contributed by atoms with Crippen molar-refractivity contribution < 1.29 is 4.74 Å². The predicted molar refractivity (Wildman–Crippen MR) is 51.4 cm³/mol. The van der Waals surface area contributed by atoms with Crippen molar-refractivity contribution in [3.8, 4) is 0 Å². The van der Waals surface area contributed by atoms with Crippen molar-refractivity contribution in [2.45, 2.75) is 44.6 Å². The van der Waals surface area contributed by atoms with E-state index in [0.29, 0.717) is 10.8 Å². The summed E-state index contributed by atoms with van der Waals surface area (Å²) in [5.41, 5.74) is 7.58. The fraction of sp³-hybridized carbons (Fsp3) is 1.00. The summed E-state index contributed by atoms with van der Waals surface area (Å²) in [4.78, 5) is 0. The minimum Gasteiger partial charge on any atom is -0.380 e. The average molecular weight is 181 g/mol. The zero-order valence-corrected chi connectivity index (χ0v) is 8.44. The summed E-state index contributed by atoms with van der Waals surface area (Å²) in [6.07, 6.45) is 6.50. The number of nitrogens with two attached hydrogens (primary N) is 1. The van der Waals surface area contributed by atoms with Crippen molar-refractivity contribution in [1.29, 1.82) is 0 Å². The van der Waals surface area contributed by atoms with Gasteiger partial charge in [-0.2, -0.15) is 0 Å². The molecule has 0 atom stereocenters. The van der Waals surface area contributed by atoms with Crippen molar-refractivity contribution >= 4 is 0 Å². The Bertz CT molecular complexity index is 231. The summed E-state index contributed by atoms with van der Waals surface area (Å²) in [6, 6.07) is 0. The van der Waals surface area contributed by atoms with Crippen LogP contribution in [-0.4, -0.2) is 18.8 Å². The molecule has 3 rings (SSSR count). The minimum absolute atomic E-state index is 0.215. The molecule has 2 heteroatoms. The maximum atomic E-state index is 6.40. The molecule has 1 aliphatic heterocycles. The van der Waals surface area contributed by atoms with Crippen molar-refractivity contribution in [1.82, 2.24) is 0 Å². The van der Waals surface area contributed by atoms with Gasteiger partial charge in [0, 0.05) is 11.0 Å². The molecular weight excluding hydrogens is 162 g/mol. The third kappa shape index (κ3) is 0.774. The highest BCUT2D eigenvalue weighted by atomic mass is 16.5. The van der Waals surface area contributed by atoms with E-state index < -0.39 is 0 Å². The summed E-state index contributed by atoms with van der Waals surface area (Å²) < 4.78 is 5.42. The molecule has 0 radical (unpaired) electrons. The van der Waals surface area contributed by atoms with Crippen LogP contribution in [0.3, 0.4) is 0 Å². The number of hydrogen-bond acceptors (Lipinski definition) is 2. The summed E-state index contributed by atoms with van der Waals surface area (Å²) in [6.45, 7) is 4.25. The second-order valence-electron chi connectivity index (χ2n) is 5.36. The lowest BCUT2D eigenvalue weighted by molar-refractivity contribution is -0.165. The molecule has 0 aromatic heterocycles. The summed E-state index contributed by atoms with van der Waals surface area (Å²) in [5, 5.41) is 0. The van der Waals surface area contributed by atoms with E-state index in [9.17, 15) is 0 Å². The van der Waals surface area contributed by atoms with Gasteiger partial charge < -0.3 is 10.5 Å². The molecule has 0 aromatic rings. The van der Waals surface area contributed by atoms with Crippen LogP contribution in [0, 0.1) is 10.8 Å². The Kier molecular flexibility index (Phi) is 1.34. The zero-order chi connectivity index (χ0) is 9.16. The van der Waals surface area contributed by atoms with E-state index in [0.717, 1.165) is 13.2 Å². The van der Waals surface area contributed by atoms with E-state index in [-0.39, 0.29) is 5.54 Å². The van der Waals surface area contributed by atoms with Crippen LogP contribution in [0.25, 0.3) is 0 Å². The highest BCUT2D eigenvalue weighted by molar-refractivity contribution is 5.26. The van der Waals surface area contributed by atoms with E-state index in [4.69, 9.17) is 10.5 Å². The van der Waals surface area contributed by atoms with Crippen molar-refractivity contribution in [3.05, 3.63) is 0 Å². The van der Waals surface area contributed by atoms with Gasteiger partial charge in [-0.15, -0.1) is 0 Å². The van der Waals surface area contributed by atoms with Gasteiger partial charge in [-0.3, -0.25) is 0 Å². The second-order valence-corrected chi connectivity index (χ2v) is 5.36. The van der Waals surface area contributed by atoms with Gasteiger partial charge in [-0.25, -0.2) is 0 Å². The monoisotopic (exact) mass is 181 g/mol. The van der Waals surface area contributed by atoms with Crippen LogP contribution >= 0.6 is 0 Å². The SMILES string of the molecule is CCC1(C2(C3(N)CC3)CC2)COC1. The number of rotatable bonds is 3. The molecule has 1 saturated heterocycles. The molecule has 13 heavy (non-hydrogen) atoms. The van der Waals surface area contributed by atoms with E-state index in [1.54, 1.807) is 0 Å². The first-order valence-corrected chi connectivity index (χ1v) is 5.55. The Balaban J connectivity index is 1.90. The van der Waals surface area contributed by atoms with E-state index in [1.165, 1.54) is 32.1 Å². The first-order valence-electron chi connectivity index (χ1n) is 5.55. The highest BCUT2D eigenvalue weighted by Crippen LogP contribution is 2.73. The van der Waals surface area contributed by atoms with E-state index in [1.807, 2.05) is 0 Å². The Labute approximate surface area is 79.8 Å². The van der Waals surface area contributed by atoms with Gasteiger partial charge in [-0.1, -0.05) is 6.92 Å². The Morgan fingerprint density at radius 3 is 2.00 bits per heavy atom. The van der Waals surface area contributed by atoms with Crippen LogP contribution in [0.15, 0.2) is 0 Å². The maximum Gasteiger partial charge on any atom is 0.0550 e. The fourth-order valence-corrected chi connectivity index (χ4v) is 3.46. The third-order valence-electron chi connectivity index (χ3n) is 4.94. The molecule has 0 unspecified atom stereocenters. The van der Waals surface area contributed by atoms with Crippen LogP contribution in [0.4, 0.5) is 0 Å². The molecule has 2 N–H and O–H groups in total. The predicted octanol–water partition coefficient (Wildman–Crippen LogP) is 1.68. The lowest BCUT2D eigenvalue weighted by atomic mass is 9.64. The number of ether oxygens (including phenoxy) is 1. The van der Waals surface area contributed by atoms with Crippen LogP contribution < -0.4 is 5.73 Å². The molecule has 1 heterocycles. The second kappa shape index (κ2) is 2.12. The normalized spacial score (nSPS) is 36.5. The van der Waals surface area contributed by atoms with Gasteiger partial charge >= 0.3 is 0 Å². The Morgan fingerprint density at radius 2 is 1.77 bits per heavy atom. The average Bonchev–Trinajstić information content (AvgIpc) is 2.84. The topological polar surface area (TPSA) is 35.2 Å².